The molecule has 0 fully saturated rings. The molecule has 1 amide bonds. The zero-order valence-corrected chi connectivity index (χ0v) is 17.2. The van der Waals surface area contributed by atoms with E-state index in [-0.39, 0.29) is 5.91 Å². The van der Waals surface area contributed by atoms with E-state index in [1.54, 1.807) is 12.1 Å². The van der Waals surface area contributed by atoms with E-state index in [1.807, 2.05) is 41.3 Å². The Morgan fingerprint density at radius 1 is 1.07 bits per heavy atom. The molecule has 0 radical (unpaired) electrons. The Morgan fingerprint density at radius 2 is 1.76 bits per heavy atom. The predicted octanol–water partition coefficient (Wildman–Crippen LogP) is 5.39. The summed E-state index contributed by atoms with van der Waals surface area (Å²) in [6.07, 6.45) is 1.81. The topological polar surface area (TPSA) is 55.6 Å². The van der Waals surface area contributed by atoms with Gasteiger partial charge in [-0.15, -0.1) is 0 Å². The van der Waals surface area contributed by atoms with E-state index in [0.717, 1.165) is 34.8 Å². The number of hydrogen-bond acceptors (Lipinski definition) is 4. The Kier molecular flexibility index (Phi) is 6.07. The lowest BCUT2D eigenvalue weighted by molar-refractivity contribution is -0.132. The highest BCUT2D eigenvalue weighted by atomic mass is 35.5. The highest BCUT2D eigenvalue weighted by molar-refractivity contribution is 6.30. The van der Waals surface area contributed by atoms with Gasteiger partial charge in [0.05, 0.1) is 13.2 Å². The summed E-state index contributed by atoms with van der Waals surface area (Å²) in [5, 5.41) is 5.54. The normalized spacial score (nSPS) is 13.2. The minimum atomic E-state index is 0.103. The third kappa shape index (κ3) is 4.74. The lowest BCUT2D eigenvalue weighted by Crippen LogP contribution is -2.36. The molecule has 3 aromatic rings. The van der Waals surface area contributed by atoms with E-state index in [2.05, 4.69) is 5.16 Å². The second-order valence-electron chi connectivity index (χ2n) is 6.92. The number of halogens is 2. The van der Waals surface area contributed by atoms with Crippen molar-refractivity contribution in [1.29, 1.82) is 0 Å². The number of benzene rings is 2. The molecular weight excluding hydrogens is 411 g/mol. The van der Waals surface area contributed by atoms with Gasteiger partial charge in [0.1, 0.15) is 11.4 Å². The van der Waals surface area contributed by atoms with E-state index < -0.39 is 0 Å². The SMILES string of the molecule is O=C(CCCOc1ccc(Cl)cc1)N1CCc2c(noc2-c2ccc(Cl)cc2)C1. The zero-order chi connectivity index (χ0) is 20.2. The van der Waals surface area contributed by atoms with Crippen molar-refractivity contribution in [3.63, 3.8) is 0 Å². The molecule has 0 N–H and O–H groups in total. The molecule has 1 aliphatic heterocycles. The predicted molar refractivity (Wildman–Crippen MR) is 112 cm³/mol. The lowest BCUT2D eigenvalue weighted by atomic mass is 10.0. The summed E-state index contributed by atoms with van der Waals surface area (Å²) in [4.78, 5) is 14.4. The van der Waals surface area contributed by atoms with Gasteiger partial charge in [0.2, 0.25) is 5.91 Å². The van der Waals surface area contributed by atoms with E-state index in [4.69, 9.17) is 32.5 Å². The molecule has 0 bridgehead atoms. The van der Waals surface area contributed by atoms with Crippen LogP contribution in [-0.4, -0.2) is 29.1 Å². The van der Waals surface area contributed by atoms with Gasteiger partial charge in [-0.1, -0.05) is 28.4 Å². The maximum absolute atomic E-state index is 12.6. The van der Waals surface area contributed by atoms with Crippen LogP contribution in [0.5, 0.6) is 5.75 Å². The average molecular weight is 431 g/mol. The quantitative estimate of drug-likeness (QED) is 0.491. The second kappa shape index (κ2) is 8.89. The van der Waals surface area contributed by atoms with Crippen LogP contribution in [0, 0.1) is 0 Å². The van der Waals surface area contributed by atoms with E-state index >= 15 is 0 Å². The lowest BCUT2D eigenvalue weighted by Gasteiger charge is -2.26. The highest BCUT2D eigenvalue weighted by Crippen LogP contribution is 2.31. The minimum Gasteiger partial charge on any atom is -0.494 e. The van der Waals surface area contributed by atoms with Crippen molar-refractivity contribution < 1.29 is 14.1 Å². The first-order chi connectivity index (χ1) is 14.1. The molecule has 1 aromatic heterocycles. The monoisotopic (exact) mass is 430 g/mol. The molecule has 0 spiro atoms. The molecule has 0 unspecified atom stereocenters. The summed E-state index contributed by atoms with van der Waals surface area (Å²) in [6, 6.07) is 14.7. The third-order valence-corrected chi connectivity index (χ3v) is 5.42. The molecule has 4 rings (SSSR count). The molecule has 5 nitrogen and oxygen atoms in total. The van der Waals surface area contributed by atoms with Crippen LogP contribution in [0.2, 0.25) is 10.0 Å². The molecule has 29 heavy (non-hydrogen) atoms. The van der Waals surface area contributed by atoms with Gasteiger partial charge in [-0.25, -0.2) is 0 Å². The first kappa shape index (κ1) is 19.8. The van der Waals surface area contributed by atoms with Crippen LogP contribution in [0.15, 0.2) is 53.1 Å². The van der Waals surface area contributed by atoms with Crippen LogP contribution >= 0.6 is 23.2 Å². The fourth-order valence-electron chi connectivity index (χ4n) is 3.37. The maximum atomic E-state index is 12.6. The van der Waals surface area contributed by atoms with Gasteiger partial charge in [-0.3, -0.25) is 4.79 Å². The van der Waals surface area contributed by atoms with Crippen LogP contribution in [0.1, 0.15) is 24.1 Å². The van der Waals surface area contributed by atoms with Crippen molar-refractivity contribution in [2.75, 3.05) is 13.2 Å². The number of amides is 1. The summed E-state index contributed by atoms with van der Waals surface area (Å²) in [7, 11) is 0. The number of carbonyl (C=O) groups is 1. The first-order valence-corrected chi connectivity index (χ1v) is 10.3. The fraction of sp³-hybridized carbons (Fsp3) is 0.273. The van der Waals surface area contributed by atoms with Gasteiger partial charge >= 0.3 is 0 Å². The van der Waals surface area contributed by atoms with Crippen molar-refractivity contribution in [1.82, 2.24) is 10.1 Å². The van der Waals surface area contributed by atoms with Crippen LogP contribution in [0.25, 0.3) is 11.3 Å². The highest BCUT2D eigenvalue weighted by Gasteiger charge is 2.26. The van der Waals surface area contributed by atoms with Crippen LogP contribution in [-0.2, 0) is 17.8 Å². The molecule has 0 saturated heterocycles. The molecular formula is C22H20Cl2N2O3. The summed E-state index contributed by atoms with van der Waals surface area (Å²) in [5.41, 5.74) is 2.84. The van der Waals surface area contributed by atoms with Crippen molar-refractivity contribution in [3.8, 4) is 17.1 Å². The fourth-order valence-corrected chi connectivity index (χ4v) is 3.63. The smallest absolute Gasteiger partial charge is 0.223 e. The molecule has 0 saturated carbocycles. The van der Waals surface area contributed by atoms with Crippen LogP contribution in [0.3, 0.4) is 0 Å². The third-order valence-electron chi connectivity index (χ3n) is 4.92. The number of carbonyl (C=O) groups excluding carboxylic acids is 1. The van der Waals surface area contributed by atoms with Crippen LogP contribution < -0.4 is 4.74 Å². The summed E-state index contributed by atoms with van der Waals surface area (Å²) >= 11 is 11.8. The van der Waals surface area contributed by atoms with Gasteiger partial charge in [0.15, 0.2) is 5.76 Å². The minimum absolute atomic E-state index is 0.103. The first-order valence-electron chi connectivity index (χ1n) is 9.49. The Bertz CT molecular complexity index is 984. The van der Waals surface area contributed by atoms with Gasteiger partial charge in [-0.05, 0) is 61.4 Å². The van der Waals surface area contributed by atoms with Crippen molar-refractivity contribution in [2.24, 2.45) is 0 Å². The van der Waals surface area contributed by atoms with Gasteiger partial charge < -0.3 is 14.2 Å². The zero-order valence-electron chi connectivity index (χ0n) is 15.7. The Hall–Kier alpha value is -2.50. The maximum Gasteiger partial charge on any atom is 0.223 e. The van der Waals surface area contributed by atoms with Crippen molar-refractivity contribution in [3.05, 3.63) is 69.8 Å². The Morgan fingerprint density at radius 3 is 2.48 bits per heavy atom. The van der Waals surface area contributed by atoms with Gasteiger partial charge in [0.25, 0.3) is 0 Å². The largest absolute Gasteiger partial charge is 0.494 e. The number of nitrogens with zero attached hydrogens (tertiary/aromatic N) is 2. The second-order valence-corrected chi connectivity index (χ2v) is 7.79. The number of hydrogen-bond donors (Lipinski definition) is 0. The van der Waals surface area contributed by atoms with Crippen LogP contribution in [0.4, 0.5) is 0 Å². The molecule has 2 heterocycles. The average Bonchev–Trinajstić information content (AvgIpc) is 3.16. The standard InChI is InChI=1S/C22H20Cl2N2O3/c23-16-5-3-15(4-6-16)22-19-11-12-26(14-20(19)25-29-22)21(27)2-1-13-28-18-9-7-17(24)8-10-18/h3-10H,1-2,11-14H2. The molecule has 0 atom stereocenters. The van der Waals surface area contributed by atoms with Gasteiger partial charge in [-0.2, -0.15) is 0 Å². The molecule has 2 aromatic carbocycles. The molecule has 0 aliphatic carbocycles. The number of fused-ring (bicyclic) bond motifs is 1. The van der Waals surface area contributed by atoms with E-state index in [0.29, 0.717) is 42.6 Å². The van der Waals surface area contributed by atoms with Crippen molar-refractivity contribution in [2.45, 2.75) is 25.8 Å². The number of aromatic nitrogens is 1. The van der Waals surface area contributed by atoms with E-state index in [1.165, 1.54) is 0 Å². The van der Waals surface area contributed by atoms with Gasteiger partial charge in [0, 0.05) is 34.1 Å². The van der Waals surface area contributed by atoms with E-state index in [9.17, 15) is 4.79 Å². The van der Waals surface area contributed by atoms with Crippen molar-refractivity contribution >= 4 is 29.1 Å². The Labute approximate surface area is 179 Å². The number of ether oxygens (including phenoxy) is 1. The summed E-state index contributed by atoms with van der Waals surface area (Å²) < 4.78 is 11.2. The molecule has 7 heteroatoms. The molecule has 1 aliphatic rings. The molecule has 150 valence electrons. The Balaban J connectivity index is 1.30. The summed E-state index contributed by atoms with van der Waals surface area (Å²) in [5.74, 6) is 1.62. The number of rotatable bonds is 6. The summed E-state index contributed by atoms with van der Waals surface area (Å²) in [6.45, 7) is 1.62.